The van der Waals surface area contributed by atoms with Crippen LogP contribution in [0, 0.1) is 13.8 Å². The number of thioether (sulfide) groups is 1. The van der Waals surface area contributed by atoms with E-state index in [0.717, 1.165) is 54.7 Å². The molecule has 0 spiro atoms. The summed E-state index contributed by atoms with van der Waals surface area (Å²) < 4.78 is 2.11. The number of rotatable bonds is 8. The van der Waals surface area contributed by atoms with Crippen LogP contribution < -0.4 is 5.32 Å². The average molecular weight is 464 g/mol. The minimum atomic E-state index is 0.0646. The van der Waals surface area contributed by atoms with Gasteiger partial charge in [0, 0.05) is 25.6 Å². The summed E-state index contributed by atoms with van der Waals surface area (Å²) in [4.78, 5) is 15.1. The second-order valence-corrected chi connectivity index (χ2v) is 9.69. The van der Waals surface area contributed by atoms with Crippen LogP contribution in [0.3, 0.4) is 0 Å². The zero-order chi connectivity index (χ0) is 23.2. The molecule has 6 nitrogen and oxygen atoms in total. The van der Waals surface area contributed by atoms with Crippen LogP contribution in [0.4, 0.5) is 0 Å². The highest BCUT2D eigenvalue weighted by atomic mass is 32.2. The normalized spacial score (nSPS) is 15.0. The molecule has 1 fully saturated rings. The second kappa shape index (κ2) is 11.0. The predicted molar refractivity (Wildman–Crippen MR) is 134 cm³/mol. The molecule has 1 aliphatic heterocycles. The van der Waals surface area contributed by atoms with Crippen LogP contribution in [-0.4, -0.2) is 57.0 Å². The van der Waals surface area contributed by atoms with Gasteiger partial charge in [0.1, 0.15) is 5.82 Å². The summed E-state index contributed by atoms with van der Waals surface area (Å²) >= 11 is 1.45. The number of nitrogens with one attached hydrogen (secondary N) is 1. The van der Waals surface area contributed by atoms with E-state index in [4.69, 9.17) is 0 Å². The second-order valence-electron chi connectivity index (χ2n) is 8.75. The molecule has 174 valence electrons. The maximum absolute atomic E-state index is 12.7. The molecule has 0 saturated carbocycles. The number of piperidine rings is 1. The molecule has 1 amide bonds. The fraction of sp³-hybridized carbons (Fsp3) is 0.423. The van der Waals surface area contributed by atoms with Crippen molar-refractivity contribution in [3.8, 4) is 5.69 Å². The van der Waals surface area contributed by atoms with E-state index < -0.39 is 0 Å². The third-order valence-corrected chi connectivity index (χ3v) is 7.16. The summed E-state index contributed by atoms with van der Waals surface area (Å²) in [6.07, 6.45) is 2.72. The van der Waals surface area contributed by atoms with Gasteiger partial charge >= 0.3 is 0 Å². The fourth-order valence-corrected chi connectivity index (χ4v) is 5.15. The van der Waals surface area contributed by atoms with Gasteiger partial charge < -0.3 is 10.2 Å². The van der Waals surface area contributed by atoms with Crippen LogP contribution in [0.2, 0.25) is 0 Å². The van der Waals surface area contributed by atoms with Crippen molar-refractivity contribution >= 4 is 17.7 Å². The number of hydrogen-bond acceptors (Lipinski definition) is 5. The molecule has 0 bridgehead atoms. The third kappa shape index (κ3) is 6.03. The molecule has 3 aromatic rings. The average Bonchev–Trinajstić information content (AvgIpc) is 3.21. The molecule has 1 aromatic heterocycles. The topological polar surface area (TPSA) is 63.1 Å². The minimum absolute atomic E-state index is 0.0646. The van der Waals surface area contributed by atoms with Crippen molar-refractivity contribution < 1.29 is 4.79 Å². The van der Waals surface area contributed by atoms with Crippen molar-refractivity contribution in [1.82, 2.24) is 25.0 Å². The molecule has 0 unspecified atom stereocenters. The number of benzene rings is 2. The lowest BCUT2D eigenvalue weighted by Crippen LogP contribution is -2.45. The quantitative estimate of drug-likeness (QED) is 0.508. The van der Waals surface area contributed by atoms with Crippen LogP contribution in [-0.2, 0) is 11.2 Å². The Labute approximate surface area is 200 Å². The summed E-state index contributed by atoms with van der Waals surface area (Å²) in [5.41, 5.74) is 4.63. The lowest BCUT2D eigenvalue weighted by Gasteiger charge is -2.31. The zero-order valence-corrected chi connectivity index (χ0v) is 20.6. The van der Waals surface area contributed by atoms with Gasteiger partial charge in [-0.1, -0.05) is 66.7 Å². The highest BCUT2D eigenvalue weighted by Gasteiger charge is 2.21. The van der Waals surface area contributed by atoms with E-state index in [1.54, 1.807) is 0 Å². The van der Waals surface area contributed by atoms with Crippen molar-refractivity contribution in [3.05, 3.63) is 71.0 Å². The molecule has 33 heavy (non-hydrogen) atoms. The van der Waals surface area contributed by atoms with E-state index in [1.807, 2.05) is 18.2 Å². The Kier molecular flexibility index (Phi) is 7.83. The molecule has 0 atom stereocenters. The van der Waals surface area contributed by atoms with E-state index in [-0.39, 0.29) is 11.9 Å². The molecular formula is C26H33N5OS. The van der Waals surface area contributed by atoms with Gasteiger partial charge in [-0.3, -0.25) is 9.36 Å². The highest BCUT2D eigenvalue weighted by molar-refractivity contribution is 7.99. The van der Waals surface area contributed by atoms with Crippen molar-refractivity contribution in [3.63, 3.8) is 0 Å². The van der Waals surface area contributed by atoms with Crippen LogP contribution in [0.25, 0.3) is 5.69 Å². The minimum Gasteiger partial charge on any atom is -0.353 e. The van der Waals surface area contributed by atoms with E-state index in [9.17, 15) is 4.79 Å². The fourth-order valence-electron chi connectivity index (χ4n) is 4.38. The van der Waals surface area contributed by atoms with Crippen molar-refractivity contribution in [2.75, 3.05) is 25.4 Å². The smallest absolute Gasteiger partial charge is 0.230 e. The first-order chi connectivity index (χ1) is 16.0. The number of carbonyl (C=O) groups excluding carboxylic acids is 1. The lowest BCUT2D eigenvalue weighted by atomic mass is 10.1. The van der Waals surface area contributed by atoms with Gasteiger partial charge in [-0.15, -0.1) is 10.2 Å². The number of carbonyl (C=O) groups is 1. The molecular weight excluding hydrogens is 430 g/mol. The number of nitrogens with zero attached hydrogens (tertiary/aromatic N) is 4. The van der Waals surface area contributed by atoms with Crippen molar-refractivity contribution in [1.29, 1.82) is 0 Å². The highest BCUT2D eigenvalue weighted by Crippen LogP contribution is 2.26. The number of hydrogen-bond donors (Lipinski definition) is 1. The molecule has 2 aromatic carbocycles. The Morgan fingerprint density at radius 1 is 1.09 bits per heavy atom. The number of likely N-dealkylation sites (tertiary alicyclic amines) is 1. The predicted octanol–water partition coefficient (Wildman–Crippen LogP) is 4.17. The summed E-state index contributed by atoms with van der Waals surface area (Å²) in [5, 5.41) is 13.0. The molecule has 1 aliphatic rings. The first-order valence-corrected chi connectivity index (χ1v) is 12.7. The molecule has 2 heterocycles. The maximum atomic E-state index is 12.7. The molecule has 4 rings (SSSR count). The summed E-state index contributed by atoms with van der Waals surface area (Å²) in [7, 11) is 0. The van der Waals surface area contributed by atoms with Gasteiger partial charge in [0.2, 0.25) is 5.91 Å². The van der Waals surface area contributed by atoms with E-state index in [1.165, 1.54) is 22.9 Å². The Balaban J connectivity index is 1.49. The first-order valence-electron chi connectivity index (χ1n) is 11.7. The Morgan fingerprint density at radius 2 is 1.85 bits per heavy atom. The van der Waals surface area contributed by atoms with E-state index in [0.29, 0.717) is 12.2 Å². The summed E-state index contributed by atoms with van der Waals surface area (Å²) in [6.45, 7) is 9.58. The Morgan fingerprint density at radius 3 is 2.55 bits per heavy atom. The van der Waals surface area contributed by atoms with Crippen molar-refractivity contribution in [2.45, 2.75) is 51.2 Å². The first kappa shape index (κ1) is 23.5. The zero-order valence-electron chi connectivity index (χ0n) is 19.8. The molecule has 0 radical (unpaired) electrons. The van der Waals surface area contributed by atoms with Crippen LogP contribution in [0.5, 0.6) is 0 Å². The maximum Gasteiger partial charge on any atom is 0.230 e. The largest absolute Gasteiger partial charge is 0.353 e. The number of amides is 1. The van der Waals surface area contributed by atoms with Crippen LogP contribution in [0.1, 0.15) is 42.3 Å². The van der Waals surface area contributed by atoms with E-state index >= 15 is 0 Å². The lowest BCUT2D eigenvalue weighted by molar-refractivity contribution is -0.119. The molecule has 1 N–H and O–H groups in total. The monoisotopic (exact) mass is 463 g/mol. The van der Waals surface area contributed by atoms with Gasteiger partial charge in [0.25, 0.3) is 0 Å². The number of aromatic nitrogens is 3. The Bertz CT molecular complexity index is 1070. The molecule has 7 heteroatoms. The summed E-state index contributed by atoms with van der Waals surface area (Å²) in [6, 6.07) is 17.0. The van der Waals surface area contributed by atoms with E-state index in [2.05, 4.69) is 76.1 Å². The third-order valence-electron chi connectivity index (χ3n) is 6.23. The van der Waals surface area contributed by atoms with Crippen molar-refractivity contribution in [2.24, 2.45) is 0 Å². The van der Waals surface area contributed by atoms with Gasteiger partial charge in [-0.25, -0.2) is 0 Å². The van der Waals surface area contributed by atoms with Gasteiger partial charge in [-0.05, 0) is 50.4 Å². The SMILES string of the molecule is CCN1CCC(NC(=O)CSc2nnc(Cc3ccccc3)n2-c2ccc(C)cc2C)CC1. The van der Waals surface area contributed by atoms with Crippen LogP contribution in [0.15, 0.2) is 53.7 Å². The number of aryl methyl sites for hydroxylation is 2. The summed E-state index contributed by atoms with van der Waals surface area (Å²) in [5.74, 6) is 1.28. The van der Waals surface area contributed by atoms with Gasteiger partial charge in [0.15, 0.2) is 5.16 Å². The van der Waals surface area contributed by atoms with Gasteiger partial charge in [0.05, 0.1) is 11.4 Å². The Hall–Kier alpha value is -2.64. The van der Waals surface area contributed by atoms with Gasteiger partial charge in [-0.2, -0.15) is 0 Å². The molecule has 1 saturated heterocycles. The standard InChI is InChI=1S/C26H33N5OS/c1-4-30-14-12-22(13-15-30)27-25(32)18-33-26-29-28-24(17-21-8-6-5-7-9-21)31(26)23-11-10-19(2)16-20(23)3/h5-11,16,22H,4,12-15,17-18H2,1-3H3,(H,27,32). The van der Waals surface area contributed by atoms with Crippen LogP contribution >= 0.6 is 11.8 Å². The molecule has 0 aliphatic carbocycles.